The lowest BCUT2D eigenvalue weighted by Gasteiger charge is -2.01. The second-order valence-electron chi connectivity index (χ2n) is 2.99. The number of hydrogen-bond acceptors (Lipinski definition) is 3. The van der Waals surface area contributed by atoms with Gasteiger partial charge < -0.3 is 10.5 Å². The van der Waals surface area contributed by atoms with Gasteiger partial charge in [-0.3, -0.25) is 4.79 Å². The van der Waals surface area contributed by atoms with Gasteiger partial charge in [0.2, 0.25) is 0 Å². The minimum atomic E-state index is -0.159. The summed E-state index contributed by atoms with van der Waals surface area (Å²) in [7, 11) is 0. The van der Waals surface area contributed by atoms with Crippen molar-refractivity contribution in [2.45, 2.75) is 25.7 Å². The summed E-state index contributed by atoms with van der Waals surface area (Å²) in [5.41, 5.74) is 5.17. The van der Waals surface area contributed by atoms with E-state index in [1.807, 2.05) is 0 Å². The number of esters is 1. The minimum Gasteiger partial charge on any atom is -0.466 e. The van der Waals surface area contributed by atoms with E-state index in [4.69, 9.17) is 10.5 Å². The van der Waals surface area contributed by atoms with Crippen LogP contribution in [0.1, 0.15) is 25.7 Å². The second-order valence-corrected chi connectivity index (χ2v) is 2.99. The van der Waals surface area contributed by atoms with Gasteiger partial charge in [0.25, 0.3) is 0 Å². The smallest absolute Gasteiger partial charge is 0.307 e. The molecule has 0 aliphatic heterocycles. The molecule has 0 aromatic carbocycles. The Balaban J connectivity index is 1.88. The molecule has 0 unspecified atom stereocenters. The van der Waals surface area contributed by atoms with Crippen LogP contribution in [0.5, 0.6) is 0 Å². The maximum absolute atomic E-state index is 10.7. The van der Waals surface area contributed by atoms with Crippen LogP contribution in [0.15, 0.2) is 0 Å². The molecule has 0 aromatic rings. The molecule has 1 rings (SSSR count). The minimum absolute atomic E-state index is 0.159. The maximum atomic E-state index is 10.7. The first-order valence-electron chi connectivity index (χ1n) is 4.18. The van der Waals surface area contributed by atoms with E-state index in [9.17, 15) is 4.79 Å². The van der Waals surface area contributed by atoms with Gasteiger partial charge in [-0.1, -0.05) is 12.8 Å². The monoisotopic (exact) mass is 157 g/mol. The van der Waals surface area contributed by atoms with Crippen molar-refractivity contribution in [2.75, 3.05) is 13.2 Å². The lowest BCUT2D eigenvalue weighted by molar-refractivity contribution is -0.143. The van der Waals surface area contributed by atoms with Crippen LogP contribution < -0.4 is 5.73 Å². The van der Waals surface area contributed by atoms with Gasteiger partial charge in [-0.2, -0.15) is 0 Å². The SMILES string of the molecule is NCCC(=O)OCCC1CC1. The average Bonchev–Trinajstić information content (AvgIpc) is 2.72. The topological polar surface area (TPSA) is 52.3 Å². The molecule has 0 heterocycles. The van der Waals surface area contributed by atoms with Gasteiger partial charge >= 0.3 is 5.97 Å². The van der Waals surface area contributed by atoms with Crippen LogP contribution in [0.2, 0.25) is 0 Å². The summed E-state index contributed by atoms with van der Waals surface area (Å²) in [5, 5.41) is 0. The number of nitrogens with two attached hydrogens (primary N) is 1. The van der Waals surface area contributed by atoms with Gasteiger partial charge in [0.15, 0.2) is 0 Å². The Morgan fingerprint density at radius 2 is 2.27 bits per heavy atom. The predicted molar refractivity (Wildman–Crippen MR) is 42.0 cm³/mol. The van der Waals surface area contributed by atoms with Crippen molar-refractivity contribution in [3.63, 3.8) is 0 Å². The maximum Gasteiger partial charge on any atom is 0.307 e. The van der Waals surface area contributed by atoms with Crippen molar-refractivity contribution in [1.29, 1.82) is 0 Å². The Bertz CT molecular complexity index is 132. The molecule has 2 N–H and O–H groups in total. The van der Waals surface area contributed by atoms with Crippen molar-refractivity contribution in [2.24, 2.45) is 11.7 Å². The molecule has 11 heavy (non-hydrogen) atoms. The summed E-state index contributed by atoms with van der Waals surface area (Å²) in [4.78, 5) is 10.7. The van der Waals surface area contributed by atoms with Gasteiger partial charge in [0.1, 0.15) is 0 Å². The van der Waals surface area contributed by atoms with Crippen LogP contribution in [0.4, 0.5) is 0 Å². The third-order valence-electron chi connectivity index (χ3n) is 1.83. The fourth-order valence-electron chi connectivity index (χ4n) is 0.936. The third kappa shape index (κ3) is 3.98. The summed E-state index contributed by atoms with van der Waals surface area (Å²) in [6.07, 6.45) is 4.02. The predicted octanol–water partition coefficient (Wildman–Crippen LogP) is 0.678. The third-order valence-corrected chi connectivity index (χ3v) is 1.83. The van der Waals surface area contributed by atoms with Crippen LogP contribution in [-0.4, -0.2) is 19.1 Å². The zero-order valence-corrected chi connectivity index (χ0v) is 6.71. The standard InChI is InChI=1S/C8H15NO2/c9-5-3-8(10)11-6-4-7-1-2-7/h7H,1-6,9H2. The van der Waals surface area contributed by atoms with Crippen molar-refractivity contribution >= 4 is 5.97 Å². The van der Waals surface area contributed by atoms with E-state index in [2.05, 4.69) is 0 Å². The molecule has 1 aliphatic carbocycles. The summed E-state index contributed by atoms with van der Waals surface area (Å²) in [6, 6.07) is 0. The van der Waals surface area contributed by atoms with Gasteiger partial charge in [0.05, 0.1) is 13.0 Å². The van der Waals surface area contributed by atoms with Crippen LogP contribution >= 0.6 is 0 Å². The molecule has 1 saturated carbocycles. The quantitative estimate of drug-likeness (QED) is 0.597. The summed E-state index contributed by atoms with van der Waals surface area (Å²) < 4.78 is 4.91. The molecule has 0 aromatic heterocycles. The highest BCUT2D eigenvalue weighted by atomic mass is 16.5. The number of rotatable bonds is 5. The van der Waals surface area contributed by atoms with Crippen LogP contribution in [-0.2, 0) is 9.53 Å². The highest BCUT2D eigenvalue weighted by Crippen LogP contribution is 2.32. The summed E-state index contributed by atoms with van der Waals surface area (Å²) in [6.45, 7) is 0.978. The number of carbonyl (C=O) groups is 1. The normalized spacial score (nSPS) is 16.5. The van der Waals surface area contributed by atoms with E-state index >= 15 is 0 Å². The average molecular weight is 157 g/mol. The molecule has 3 nitrogen and oxygen atoms in total. The van der Waals surface area contributed by atoms with E-state index < -0.39 is 0 Å². The Morgan fingerprint density at radius 1 is 1.55 bits per heavy atom. The fraction of sp³-hybridized carbons (Fsp3) is 0.875. The Morgan fingerprint density at radius 3 is 2.82 bits per heavy atom. The number of ether oxygens (including phenoxy) is 1. The highest BCUT2D eigenvalue weighted by Gasteiger charge is 2.20. The van der Waals surface area contributed by atoms with E-state index in [1.54, 1.807) is 0 Å². The molecule has 64 valence electrons. The van der Waals surface area contributed by atoms with E-state index in [0.717, 1.165) is 12.3 Å². The van der Waals surface area contributed by atoms with Gasteiger partial charge in [-0.05, 0) is 12.3 Å². The second kappa shape index (κ2) is 4.34. The van der Waals surface area contributed by atoms with Gasteiger partial charge in [-0.15, -0.1) is 0 Å². The molecule has 0 bridgehead atoms. The summed E-state index contributed by atoms with van der Waals surface area (Å²) in [5.74, 6) is 0.675. The molecule has 0 amide bonds. The summed E-state index contributed by atoms with van der Waals surface area (Å²) >= 11 is 0. The van der Waals surface area contributed by atoms with Crippen molar-refractivity contribution < 1.29 is 9.53 Å². The fourth-order valence-corrected chi connectivity index (χ4v) is 0.936. The molecule has 0 spiro atoms. The van der Waals surface area contributed by atoms with E-state index in [0.29, 0.717) is 19.6 Å². The molecule has 3 heteroatoms. The van der Waals surface area contributed by atoms with Crippen LogP contribution in [0, 0.1) is 5.92 Å². The van der Waals surface area contributed by atoms with Crippen LogP contribution in [0.3, 0.4) is 0 Å². The molecule has 1 aliphatic rings. The van der Waals surface area contributed by atoms with Crippen LogP contribution in [0.25, 0.3) is 0 Å². The number of carbonyl (C=O) groups excluding carboxylic acids is 1. The molecular weight excluding hydrogens is 142 g/mol. The van der Waals surface area contributed by atoms with Crippen molar-refractivity contribution in [3.05, 3.63) is 0 Å². The zero-order chi connectivity index (χ0) is 8.10. The first-order valence-corrected chi connectivity index (χ1v) is 4.18. The first kappa shape index (κ1) is 8.53. The van der Waals surface area contributed by atoms with Crippen molar-refractivity contribution in [1.82, 2.24) is 0 Å². The first-order chi connectivity index (χ1) is 5.33. The largest absolute Gasteiger partial charge is 0.466 e. The molecule has 0 saturated heterocycles. The van der Waals surface area contributed by atoms with E-state index in [-0.39, 0.29) is 5.97 Å². The van der Waals surface area contributed by atoms with Crippen molar-refractivity contribution in [3.8, 4) is 0 Å². The molecule has 1 fully saturated rings. The lowest BCUT2D eigenvalue weighted by atomic mass is 10.3. The molecule has 0 radical (unpaired) electrons. The highest BCUT2D eigenvalue weighted by molar-refractivity contribution is 5.69. The Labute approximate surface area is 66.9 Å². The molecular formula is C8H15NO2. The zero-order valence-electron chi connectivity index (χ0n) is 6.71. The van der Waals surface area contributed by atoms with Gasteiger partial charge in [0, 0.05) is 6.54 Å². The number of hydrogen-bond donors (Lipinski definition) is 1. The Kier molecular flexibility index (Phi) is 3.36. The van der Waals surface area contributed by atoms with Gasteiger partial charge in [-0.25, -0.2) is 0 Å². The Hall–Kier alpha value is -0.570. The molecule has 0 atom stereocenters. The van der Waals surface area contributed by atoms with E-state index in [1.165, 1.54) is 12.8 Å². The lowest BCUT2D eigenvalue weighted by Crippen LogP contribution is -2.11.